The maximum Gasteiger partial charge on any atom is 0.254 e. The van der Waals surface area contributed by atoms with Crippen LogP contribution in [0.25, 0.3) is 0 Å². The van der Waals surface area contributed by atoms with Crippen molar-refractivity contribution in [3.63, 3.8) is 0 Å². The lowest BCUT2D eigenvalue weighted by molar-refractivity contribution is -0.125. The zero-order valence-electron chi connectivity index (χ0n) is 16.3. The Labute approximate surface area is 165 Å². The number of carbonyl (C=O) groups is 2. The minimum Gasteiger partial charge on any atom is -0.491 e. The van der Waals surface area contributed by atoms with Crippen molar-refractivity contribution in [3.8, 4) is 5.75 Å². The average molecular weight is 387 g/mol. The van der Waals surface area contributed by atoms with Gasteiger partial charge in [-0.3, -0.25) is 9.59 Å². The molecule has 27 heavy (non-hydrogen) atoms. The van der Waals surface area contributed by atoms with E-state index in [0.29, 0.717) is 24.5 Å². The molecule has 0 atom stereocenters. The molecule has 0 aliphatic carbocycles. The van der Waals surface area contributed by atoms with Crippen molar-refractivity contribution in [2.75, 3.05) is 40.0 Å². The number of amides is 2. The van der Waals surface area contributed by atoms with Gasteiger partial charge in [-0.1, -0.05) is 30.3 Å². The van der Waals surface area contributed by atoms with Crippen molar-refractivity contribution in [1.82, 2.24) is 9.80 Å². The Kier molecular flexibility index (Phi) is 7.73. The van der Waals surface area contributed by atoms with E-state index in [-0.39, 0.29) is 11.8 Å². The Morgan fingerprint density at radius 2 is 1.67 bits per heavy atom. The van der Waals surface area contributed by atoms with E-state index in [1.807, 2.05) is 49.4 Å². The summed E-state index contributed by atoms with van der Waals surface area (Å²) in [6, 6.07) is 15.2. The minimum atomic E-state index is -0.0798. The van der Waals surface area contributed by atoms with Crippen LogP contribution in [0.4, 0.5) is 0 Å². The molecule has 0 saturated carbocycles. The lowest BCUT2D eigenvalue weighted by Gasteiger charge is -2.19. The van der Waals surface area contributed by atoms with Crippen LogP contribution < -0.4 is 4.74 Å². The molecule has 0 unspecified atom stereocenters. The van der Waals surface area contributed by atoms with Gasteiger partial charge in [0.2, 0.25) is 5.91 Å². The second-order valence-corrected chi connectivity index (χ2v) is 7.43. The predicted molar refractivity (Wildman–Crippen MR) is 109 cm³/mol. The van der Waals surface area contributed by atoms with Crippen LogP contribution in [0.5, 0.6) is 5.75 Å². The van der Waals surface area contributed by atoms with Crippen molar-refractivity contribution in [3.05, 3.63) is 59.7 Å². The molecule has 5 nitrogen and oxygen atoms in total. The third-order valence-electron chi connectivity index (χ3n) is 4.09. The number of nitrogens with zero attached hydrogens (tertiary/aromatic N) is 2. The largest absolute Gasteiger partial charge is 0.491 e. The van der Waals surface area contributed by atoms with E-state index in [9.17, 15) is 9.59 Å². The maximum absolute atomic E-state index is 12.8. The third-order valence-corrected chi connectivity index (χ3v) is 5.15. The highest BCUT2D eigenvalue weighted by molar-refractivity contribution is 8.00. The van der Waals surface area contributed by atoms with Gasteiger partial charge in [-0.05, 0) is 30.7 Å². The molecule has 0 saturated heterocycles. The van der Waals surface area contributed by atoms with E-state index < -0.39 is 0 Å². The summed E-state index contributed by atoms with van der Waals surface area (Å²) in [5, 5.41) is 0. The van der Waals surface area contributed by atoms with Crippen LogP contribution in [-0.4, -0.2) is 61.7 Å². The van der Waals surface area contributed by atoms with Crippen molar-refractivity contribution in [2.45, 2.75) is 11.8 Å². The first-order valence-electron chi connectivity index (χ1n) is 8.76. The summed E-state index contributed by atoms with van der Waals surface area (Å²) >= 11 is 1.38. The van der Waals surface area contributed by atoms with Crippen LogP contribution >= 0.6 is 11.8 Å². The molecule has 0 radical (unpaired) electrons. The zero-order valence-corrected chi connectivity index (χ0v) is 17.1. The molecule has 0 N–H and O–H groups in total. The monoisotopic (exact) mass is 386 g/mol. The summed E-state index contributed by atoms with van der Waals surface area (Å²) in [7, 11) is 5.21. The Morgan fingerprint density at radius 1 is 1.00 bits per heavy atom. The summed E-state index contributed by atoms with van der Waals surface area (Å²) in [6.45, 7) is 2.89. The Morgan fingerprint density at radius 3 is 2.37 bits per heavy atom. The molecule has 6 heteroatoms. The van der Waals surface area contributed by atoms with Gasteiger partial charge >= 0.3 is 0 Å². The lowest BCUT2D eigenvalue weighted by atomic mass is 10.2. The van der Waals surface area contributed by atoms with Crippen molar-refractivity contribution in [2.24, 2.45) is 0 Å². The highest BCUT2D eigenvalue weighted by atomic mass is 32.2. The van der Waals surface area contributed by atoms with Crippen LogP contribution in [0.3, 0.4) is 0 Å². The van der Waals surface area contributed by atoms with E-state index in [4.69, 9.17) is 4.74 Å². The molecule has 2 aromatic rings. The van der Waals surface area contributed by atoms with Crippen molar-refractivity contribution < 1.29 is 14.3 Å². The van der Waals surface area contributed by atoms with Crippen LogP contribution in [0.15, 0.2) is 53.4 Å². The van der Waals surface area contributed by atoms with Gasteiger partial charge in [-0.15, -0.1) is 11.8 Å². The van der Waals surface area contributed by atoms with Gasteiger partial charge < -0.3 is 14.5 Å². The molecule has 2 aromatic carbocycles. The van der Waals surface area contributed by atoms with Gasteiger partial charge in [0.25, 0.3) is 5.91 Å². The van der Waals surface area contributed by atoms with Crippen LogP contribution in [-0.2, 0) is 4.79 Å². The normalized spacial score (nSPS) is 10.4. The summed E-state index contributed by atoms with van der Waals surface area (Å²) in [4.78, 5) is 28.6. The number of thioether (sulfide) groups is 1. The smallest absolute Gasteiger partial charge is 0.254 e. The van der Waals surface area contributed by atoms with Crippen molar-refractivity contribution in [1.29, 1.82) is 0 Å². The predicted octanol–water partition coefficient (Wildman–Crippen LogP) is 3.33. The van der Waals surface area contributed by atoms with Gasteiger partial charge in [0.05, 0.1) is 17.9 Å². The highest BCUT2D eigenvalue weighted by Crippen LogP contribution is 2.24. The van der Waals surface area contributed by atoms with E-state index in [1.165, 1.54) is 11.8 Å². The lowest BCUT2D eigenvalue weighted by Crippen LogP contribution is -2.31. The van der Waals surface area contributed by atoms with Gasteiger partial charge in [0.1, 0.15) is 12.4 Å². The fraction of sp³-hybridized carbons (Fsp3) is 0.333. The second-order valence-electron chi connectivity index (χ2n) is 6.41. The molecule has 0 aliphatic heterocycles. The topological polar surface area (TPSA) is 49.9 Å². The molecule has 0 aliphatic rings. The first-order chi connectivity index (χ1) is 12.9. The minimum absolute atomic E-state index is 0.0160. The molecule has 2 rings (SSSR count). The second kappa shape index (κ2) is 10.0. The fourth-order valence-corrected chi connectivity index (χ4v) is 3.38. The highest BCUT2D eigenvalue weighted by Gasteiger charge is 2.17. The quantitative estimate of drug-likeness (QED) is 0.653. The standard InChI is InChI=1S/C21H26N2O3S/c1-16-9-5-7-11-18(16)26-14-13-23(4)21(25)17-10-6-8-12-19(17)27-15-20(24)22(2)3/h5-12H,13-15H2,1-4H3. The number of aryl methyl sites for hydroxylation is 1. The summed E-state index contributed by atoms with van der Waals surface area (Å²) < 4.78 is 5.78. The molecule has 0 fully saturated rings. The number of rotatable bonds is 8. The number of benzene rings is 2. The molecule has 0 heterocycles. The average Bonchev–Trinajstić information content (AvgIpc) is 2.67. The van der Waals surface area contributed by atoms with E-state index in [2.05, 4.69) is 0 Å². The van der Waals surface area contributed by atoms with E-state index >= 15 is 0 Å². The van der Waals surface area contributed by atoms with Gasteiger partial charge in [0, 0.05) is 26.0 Å². The van der Waals surface area contributed by atoms with Gasteiger partial charge in [0.15, 0.2) is 0 Å². The SMILES string of the molecule is Cc1ccccc1OCCN(C)C(=O)c1ccccc1SCC(=O)N(C)C. The number of ether oxygens (including phenoxy) is 1. The van der Waals surface area contributed by atoms with Crippen molar-refractivity contribution >= 4 is 23.6 Å². The number of hydrogen-bond donors (Lipinski definition) is 0. The summed E-state index contributed by atoms with van der Waals surface area (Å²) in [5.41, 5.74) is 1.67. The summed E-state index contributed by atoms with van der Waals surface area (Å²) in [5.74, 6) is 1.07. The molecule has 2 amide bonds. The Hall–Kier alpha value is -2.47. The Bertz CT molecular complexity index is 793. The molecular formula is C21H26N2O3S. The van der Waals surface area contributed by atoms with E-state index in [1.54, 1.807) is 37.0 Å². The van der Waals surface area contributed by atoms with Crippen LogP contribution in [0.2, 0.25) is 0 Å². The fourth-order valence-electron chi connectivity index (χ4n) is 2.36. The molecule has 0 aromatic heterocycles. The van der Waals surface area contributed by atoms with Gasteiger partial charge in [-0.25, -0.2) is 0 Å². The zero-order chi connectivity index (χ0) is 19.8. The maximum atomic E-state index is 12.8. The number of likely N-dealkylation sites (N-methyl/N-ethyl adjacent to an activating group) is 1. The first kappa shape index (κ1) is 20.8. The van der Waals surface area contributed by atoms with Gasteiger partial charge in [-0.2, -0.15) is 0 Å². The van der Waals surface area contributed by atoms with Crippen LogP contribution in [0.1, 0.15) is 15.9 Å². The molecular weight excluding hydrogens is 360 g/mol. The van der Waals surface area contributed by atoms with Crippen LogP contribution in [0, 0.1) is 6.92 Å². The molecule has 144 valence electrons. The van der Waals surface area contributed by atoms with E-state index in [0.717, 1.165) is 16.2 Å². The Balaban J connectivity index is 1.96. The number of hydrogen-bond acceptors (Lipinski definition) is 4. The third kappa shape index (κ3) is 6.03. The summed E-state index contributed by atoms with van der Waals surface area (Å²) in [6.07, 6.45) is 0. The molecule has 0 spiro atoms. The molecule has 0 bridgehead atoms. The first-order valence-corrected chi connectivity index (χ1v) is 9.74. The number of carbonyl (C=O) groups excluding carboxylic acids is 2. The number of para-hydroxylation sites is 1.